The van der Waals surface area contributed by atoms with Crippen LogP contribution in [0.15, 0.2) is 0 Å². The number of Topliss-reactive ketones (excluding diaryl/α,β-unsaturated/α-hetero) is 1. The fourth-order valence-electron chi connectivity index (χ4n) is 0.965. The summed E-state index contributed by atoms with van der Waals surface area (Å²) in [6.45, 7) is 1.82. The van der Waals surface area contributed by atoms with Gasteiger partial charge in [-0.25, -0.2) is 0 Å². The summed E-state index contributed by atoms with van der Waals surface area (Å²) in [7, 11) is 1.30. The summed E-state index contributed by atoms with van der Waals surface area (Å²) in [5.74, 6) is -0.207. The Morgan fingerprint density at radius 3 is 2.54 bits per heavy atom. The summed E-state index contributed by atoms with van der Waals surface area (Å²) in [6, 6.07) is -0.588. The lowest BCUT2D eigenvalue weighted by molar-refractivity contribution is -0.142. The Morgan fingerprint density at radius 2 is 2.08 bits per heavy atom. The fourth-order valence-corrected chi connectivity index (χ4v) is 0.965. The first kappa shape index (κ1) is 12.1. The van der Waals surface area contributed by atoms with Gasteiger partial charge in [0.25, 0.3) is 0 Å². The van der Waals surface area contributed by atoms with E-state index in [1.165, 1.54) is 7.11 Å². The Labute approximate surface area is 78.4 Å². The molecular weight excluding hydrogens is 170 g/mol. The maximum atomic E-state index is 10.9. The van der Waals surface area contributed by atoms with Crippen molar-refractivity contribution in [2.45, 2.75) is 38.6 Å². The molecule has 13 heavy (non-hydrogen) atoms. The lowest BCUT2D eigenvalue weighted by Gasteiger charge is -2.07. The van der Waals surface area contributed by atoms with Gasteiger partial charge in [0, 0.05) is 12.8 Å². The molecule has 76 valence electrons. The predicted octanol–water partition coefficient (Wildman–Crippen LogP) is 0.636. The van der Waals surface area contributed by atoms with E-state index >= 15 is 0 Å². The summed E-state index contributed by atoms with van der Waals surface area (Å²) in [5, 5.41) is 0. The zero-order chi connectivity index (χ0) is 10.3. The molecule has 1 unspecified atom stereocenters. The van der Waals surface area contributed by atoms with Crippen LogP contribution < -0.4 is 5.73 Å². The van der Waals surface area contributed by atoms with Crippen LogP contribution in [0.1, 0.15) is 32.6 Å². The predicted molar refractivity (Wildman–Crippen MR) is 49.1 cm³/mol. The summed E-state index contributed by atoms with van der Waals surface area (Å²) >= 11 is 0. The van der Waals surface area contributed by atoms with Gasteiger partial charge in [-0.2, -0.15) is 0 Å². The zero-order valence-corrected chi connectivity index (χ0v) is 8.21. The average molecular weight is 187 g/mol. The van der Waals surface area contributed by atoms with E-state index in [1.807, 2.05) is 6.92 Å². The van der Waals surface area contributed by atoms with Gasteiger partial charge in [-0.1, -0.05) is 6.92 Å². The highest BCUT2D eigenvalue weighted by Crippen LogP contribution is 2.02. The molecule has 0 aromatic carbocycles. The molecule has 0 bridgehead atoms. The Bertz CT molecular complexity index is 180. The second-order valence-electron chi connectivity index (χ2n) is 2.91. The van der Waals surface area contributed by atoms with Gasteiger partial charge in [0.1, 0.15) is 11.8 Å². The molecule has 0 aliphatic heterocycles. The van der Waals surface area contributed by atoms with Crippen molar-refractivity contribution in [3.63, 3.8) is 0 Å². The summed E-state index contributed by atoms with van der Waals surface area (Å²) in [4.78, 5) is 21.7. The van der Waals surface area contributed by atoms with Crippen LogP contribution in [0.5, 0.6) is 0 Å². The monoisotopic (exact) mass is 187 g/mol. The molecular formula is C9H17NO3. The van der Waals surface area contributed by atoms with Crippen molar-refractivity contribution in [2.75, 3.05) is 7.11 Å². The van der Waals surface area contributed by atoms with Gasteiger partial charge in [-0.3, -0.25) is 9.59 Å². The van der Waals surface area contributed by atoms with Crippen LogP contribution in [0.3, 0.4) is 0 Å². The van der Waals surface area contributed by atoms with E-state index in [2.05, 4.69) is 4.74 Å². The van der Waals surface area contributed by atoms with Crippen molar-refractivity contribution in [1.82, 2.24) is 0 Å². The molecule has 0 rings (SSSR count). The van der Waals surface area contributed by atoms with E-state index in [4.69, 9.17) is 5.73 Å². The molecule has 4 heteroatoms. The van der Waals surface area contributed by atoms with E-state index in [0.717, 1.165) is 0 Å². The number of ether oxygens (including phenoxy) is 1. The molecule has 0 radical (unpaired) electrons. The molecule has 0 heterocycles. The number of methoxy groups -OCH3 is 1. The van der Waals surface area contributed by atoms with Crippen LogP contribution in [-0.2, 0) is 14.3 Å². The molecule has 0 aliphatic carbocycles. The third-order valence-corrected chi connectivity index (χ3v) is 1.87. The van der Waals surface area contributed by atoms with Crippen molar-refractivity contribution in [2.24, 2.45) is 5.73 Å². The maximum absolute atomic E-state index is 10.9. The van der Waals surface area contributed by atoms with E-state index in [9.17, 15) is 9.59 Å². The van der Waals surface area contributed by atoms with Crippen LogP contribution in [0.25, 0.3) is 0 Å². The van der Waals surface area contributed by atoms with Crippen LogP contribution >= 0.6 is 0 Å². The van der Waals surface area contributed by atoms with Crippen molar-refractivity contribution >= 4 is 11.8 Å². The van der Waals surface area contributed by atoms with Crippen LogP contribution in [-0.4, -0.2) is 24.9 Å². The second kappa shape index (κ2) is 6.60. The van der Waals surface area contributed by atoms with Gasteiger partial charge < -0.3 is 10.5 Å². The minimum atomic E-state index is -0.588. The molecule has 2 N–H and O–H groups in total. The summed E-state index contributed by atoms with van der Waals surface area (Å²) < 4.78 is 4.45. The number of esters is 1. The maximum Gasteiger partial charge on any atom is 0.322 e. The second-order valence-corrected chi connectivity index (χ2v) is 2.91. The average Bonchev–Trinajstić information content (AvgIpc) is 2.15. The molecule has 0 saturated heterocycles. The number of hydrogen-bond acceptors (Lipinski definition) is 4. The van der Waals surface area contributed by atoms with Crippen molar-refractivity contribution in [1.29, 1.82) is 0 Å². The van der Waals surface area contributed by atoms with Gasteiger partial charge in [-0.15, -0.1) is 0 Å². The zero-order valence-electron chi connectivity index (χ0n) is 8.21. The highest BCUT2D eigenvalue weighted by molar-refractivity contribution is 5.78. The Balaban J connectivity index is 3.53. The number of nitrogens with two attached hydrogens (primary N) is 1. The first-order valence-corrected chi connectivity index (χ1v) is 4.47. The molecule has 0 saturated carbocycles. The molecule has 0 aromatic rings. The summed E-state index contributed by atoms with van der Waals surface area (Å²) in [6.07, 6.45) is 2.22. The molecule has 0 aliphatic rings. The standard InChI is InChI=1S/C9H17NO3/c1-3-7(11)5-4-6-8(10)9(12)13-2/h8H,3-6,10H2,1-2H3. The number of rotatable bonds is 6. The smallest absolute Gasteiger partial charge is 0.322 e. The van der Waals surface area contributed by atoms with Crippen LogP contribution in [0.4, 0.5) is 0 Å². The molecule has 1 atom stereocenters. The third kappa shape index (κ3) is 5.36. The SMILES string of the molecule is CCC(=O)CCCC(N)C(=O)OC. The number of hydrogen-bond donors (Lipinski definition) is 1. The van der Waals surface area contributed by atoms with Gasteiger partial charge in [0.15, 0.2) is 0 Å². The summed E-state index contributed by atoms with van der Waals surface area (Å²) in [5.41, 5.74) is 5.47. The highest BCUT2D eigenvalue weighted by Gasteiger charge is 2.13. The number of carbonyl (C=O) groups excluding carboxylic acids is 2. The van der Waals surface area contributed by atoms with E-state index in [1.54, 1.807) is 0 Å². The first-order chi connectivity index (χ1) is 6.11. The molecule has 0 spiro atoms. The minimum absolute atomic E-state index is 0.206. The fraction of sp³-hybridized carbons (Fsp3) is 0.778. The van der Waals surface area contributed by atoms with Gasteiger partial charge in [0.05, 0.1) is 7.11 Å². The highest BCUT2D eigenvalue weighted by atomic mass is 16.5. The number of carbonyl (C=O) groups is 2. The van der Waals surface area contributed by atoms with Gasteiger partial charge in [-0.05, 0) is 12.8 Å². The van der Waals surface area contributed by atoms with E-state index in [0.29, 0.717) is 25.7 Å². The molecule has 4 nitrogen and oxygen atoms in total. The number of ketones is 1. The van der Waals surface area contributed by atoms with E-state index in [-0.39, 0.29) is 5.78 Å². The van der Waals surface area contributed by atoms with Crippen LogP contribution in [0.2, 0.25) is 0 Å². The van der Waals surface area contributed by atoms with Crippen molar-refractivity contribution < 1.29 is 14.3 Å². The molecule has 0 amide bonds. The quantitative estimate of drug-likeness (QED) is 0.619. The largest absolute Gasteiger partial charge is 0.468 e. The van der Waals surface area contributed by atoms with Gasteiger partial charge >= 0.3 is 5.97 Å². The van der Waals surface area contributed by atoms with Crippen molar-refractivity contribution in [3.05, 3.63) is 0 Å². The molecule has 0 aromatic heterocycles. The minimum Gasteiger partial charge on any atom is -0.468 e. The third-order valence-electron chi connectivity index (χ3n) is 1.87. The van der Waals surface area contributed by atoms with Crippen molar-refractivity contribution in [3.8, 4) is 0 Å². The topological polar surface area (TPSA) is 69.4 Å². The lowest BCUT2D eigenvalue weighted by atomic mass is 10.1. The first-order valence-electron chi connectivity index (χ1n) is 4.47. The lowest BCUT2D eigenvalue weighted by Crippen LogP contribution is -2.31. The molecule has 0 fully saturated rings. The normalized spacial score (nSPS) is 12.2. The Hall–Kier alpha value is -0.900. The van der Waals surface area contributed by atoms with Gasteiger partial charge in [0.2, 0.25) is 0 Å². The Morgan fingerprint density at radius 1 is 1.46 bits per heavy atom. The van der Waals surface area contributed by atoms with Crippen LogP contribution in [0, 0.1) is 0 Å². The Kier molecular flexibility index (Phi) is 6.14. The van der Waals surface area contributed by atoms with E-state index < -0.39 is 12.0 Å².